The summed E-state index contributed by atoms with van der Waals surface area (Å²) in [7, 11) is 0. The van der Waals surface area contributed by atoms with Crippen molar-refractivity contribution in [3.63, 3.8) is 0 Å². The van der Waals surface area contributed by atoms with E-state index in [-0.39, 0.29) is 6.03 Å². The molecule has 0 unspecified atom stereocenters. The smallest absolute Gasteiger partial charge is 0.314 e. The third kappa shape index (κ3) is 6.24. The van der Waals surface area contributed by atoms with Crippen LogP contribution < -0.4 is 5.73 Å². The van der Waals surface area contributed by atoms with E-state index in [2.05, 4.69) is 11.8 Å². The standard InChI is InChI=1S/C14H29N3O/c1-2-3-4-5-6-7-8-9-16-10-12-17(13-11-16)14(15)18/h2-13H2,1H3,(H2,15,18). The van der Waals surface area contributed by atoms with Gasteiger partial charge in [-0.25, -0.2) is 4.79 Å². The second kappa shape index (κ2) is 9.20. The summed E-state index contributed by atoms with van der Waals surface area (Å²) in [5.41, 5.74) is 5.26. The summed E-state index contributed by atoms with van der Waals surface area (Å²) in [6, 6.07) is -0.273. The fraction of sp³-hybridized carbons (Fsp3) is 0.929. The Morgan fingerprint density at radius 1 is 0.944 bits per heavy atom. The summed E-state index contributed by atoms with van der Waals surface area (Å²) < 4.78 is 0. The molecule has 0 aromatic rings. The quantitative estimate of drug-likeness (QED) is 0.677. The molecule has 106 valence electrons. The van der Waals surface area contributed by atoms with Gasteiger partial charge in [-0.05, 0) is 13.0 Å². The van der Waals surface area contributed by atoms with Crippen molar-refractivity contribution in [2.75, 3.05) is 32.7 Å². The van der Waals surface area contributed by atoms with Crippen LogP contribution in [0.2, 0.25) is 0 Å². The summed E-state index contributed by atoms with van der Waals surface area (Å²) in [4.78, 5) is 15.2. The second-order valence-corrected chi connectivity index (χ2v) is 5.29. The Morgan fingerprint density at radius 2 is 1.50 bits per heavy atom. The van der Waals surface area contributed by atoms with Crippen LogP contribution in [0.25, 0.3) is 0 Å². The number of hydrogen-bond acceptors (Lipinski definition) is 2. The minimum Gasteiger partial charge on any atom is -0.351 e. The first-order valence-corrected chi connectivity index (χ1v) is 7.50. The topological polar surface area (TPSA) is 49.6 Å². The van der Waals surface area contributed by atoms with Gasteiger partial charge < -0.3 is 10.6 Å². The highest BCUT2D eigenvalue weighted by atomic mass is 16.2. The van der Waals surface area contributed by atoms with Crippen molar-refractivity contribution in [3.05, 3.63) is 0 Å². The van der Waals surface area contributed by atoms with Crippen LogP contribution in [0.4, 0.5) is 4.79 Å². The zero-order valence-electron chi connectivity index (χ0n) is 11.9. The number of piperazine rings is 1. The molecule has 2 N–H and O–H groups in total. The number of rotatable bonds is 8. The van der Waals surface area contributed by atoms with Crippen LogP contribution in [0.15, 0.2) is 0 Å². The molecule has 1 aliphatic heterocycles. The fourth-order valence-electron chi connectivity index (χ4n) is 2.48. The molecular weight excluding hydrogens is 226 g/mol. The molecule has 18 heavy (non-hydrogen) atoms. The predicted molar refractivity (Wildman–Crippen MR) is 75.6 cm³/mol. The van der Waals surface area contributed by atoms with E-state index >= 15 is 0 Å². The van der Waals surface area contributed by atoms with Gasteiger partial charge in [0.25, 0.3) is 0 Å². The van der Waals surface area contributed by atoms with Gasteiger partial charge in [0, 0.05) is 26.2 Å². The van der Waals surface area contributed by atoms with Gasteiger partial charge in [0.1, 0.15) is 0 Å². The predicted octanol–water partition coefficient (Wildman–Crippen LogP) is 2.43. The maximum Gasteiger partial charge on any atom is 0.314 e. The van der Waals surface area contributed by atoms with Crippen molar-refractivity contribution in [1.82, 2.24) is 9.80 Å². The molecule has 0 aromatic carbocycles. The molecule has 1 fully saturated rings. The summed E-state index contributed by atoms with van der Waals surface area (Å²) >= 11 is 0. The zero-order chi connectivity index (χ0) is 13.2. The molecular formula is C14H29N3O. The number of nitrogens with zero attached hydrogens (tertiary/aromatic N) is 2. The van der Waals surface area contributed by atoms with Gasteiger partial charge in [0.05, 0.1) is 0 Å². The molecule has 0 saturated carbocycles. The Hall–Kier alpha value is -0.770. The molecule has 4 nitrogen and oxygen atoms in total. The van der Waals surface area contributed by atoms with Gasteiger partial charge in [-0.2, -0.15) is 0 Å². The molecule has 1 aliphatic rings. The Labute approximate surface area is 111 Å². The highest BCUT2D eigenvalue weighted by molar-refractivity contribution is 5.72. The van der Waals surface area contributed by atoms with Crippen LogP contribution in [0, 0.1) is 0 Å². The van der Waals surface area contributed by atoms with Crippen molar-refractivity contribution in [2.45, 2.75) is 51.9 Å². The minimum absolute atomic E-state index is 0.273. The molecule has 1 saturated heterocycles. The number of unbranched alkanes of at least 4 members (excludes halogenated alkanes) is 6. The maximum atomic E-state index is 11.0. The SMILES string of the molecule is CCCCCCCCCN1CCN(C(N)=O)CC1. The number of amides is 2. The first kappa shape index (κ1) is 15.3. The molecule has 0 radical (unpaired) electrons. The highest BCUT2D eigenvalue weighted by Gasteiger charge is 2.18. The van der Waals surface area contributed by atoms with Crippen LogP contribution in [0.3, 0.4) is 0 Å². The van der Waals surface area contributed by atoms with Crippen LogP contribution in [-0.4, -0.2) is 48.6 Å². The Kier molecular flexibility index (Phi) is 7.81. The molecule has 0 spiro atoms. The number of carbonyl (C=O) groups is 1. The Bertz CT molecular complexity index is 225. The molecule has 0 bridgehead atoms. The first-order valence-electron chi connectivity index (χ1n) is 7.50. The first-order chi connectivity index (χ1) is 8.74. The average Bonchev–Trinajstić information content (AvgIpc) is 2.38. The van der Waals surface area contributed by atoms with E-state index in [1.807, 2.05) is 0 Å². The molecule has 0 atom stereocenters. The second-order valence-electron chi connectivity index (χ2n) is 5.29. The van der Waals surface area contributed by atoms with Crippen molar-refractivity contribution in [3.8, 4) is 0 Å². The Balaban J connectivity index is 1.93. The molecule has 0 aliphatic carbocycles. The lowest BCUT2D eigenvalue weighted by Gasteiger charge is -2.33. The fourth-order valence-corrected chi connectivity index (χ4v) is 2.48. The van der Waals surface area contributed by atoms with Crippen molar-refractivity contribution in [2.24, 2.45) is 5.73 Å². The van der Waals surface area contributed by atoms with Crippen molar-refractivity contribution >= 4 is 6.03 Å². The van der Waals surface area contributed by atoms with E-state index in [1.165, 1.54) is 51.5 Å². The number of hydrogen-bond donors (Lipinski definition) is 1. The third-order valence-corrected chi connectivity index (χ3v) is 3.76. The maximum absolute atomic E-state index is 11.0. The van der Waals surface area contributed by atoms with Gasteiger partial charge >= 0.3 is 6.03 Å². The lowest BCUT2D eigenvalue weighted by Crippen LogP contribution is -2.50. The van der Waals surface area contributed by atoms with E-state index in [1.54, 1.807) is 4.90 Å². The van der Waals surface area contributed by atoms with E-state index in [9.17, 15) is 4.79 Å². The number of primary amides is 1. The van der Waals surface area contributed by atoms with E-state index in [4.69, 9.17) is 5.73 Å². The molecule has 1 rings (SSSR count). The van der Waals surface area contributed by atoms with E-state index < -0.39 is 0 Å². The monoisotopic (exact) mass is 255 g/mol. The highest BCUT2D eigenvalue weighted by Crippen LogP contribution is 2.08. The molecule has 1 heterocycles. The molecule has 4 heteroatoms. The summed E-state index contributed by atoms with van der Waals surface area (Å²) in [6.07, 6.45) is 9.51. The van der Waals surface area contributed by atoms with Crippen LogP contribution in [0.1, 0.15) is 51.9 Å². The zero-order valence-corrected chi connectivity index (χ0v) is 11.9. The van der Waals surface area contributed by atoms with Crippen molar-refractivity contribution < 1.29 is 4.79 Å². The van der Waals surface area contributed by atoms with Crippen LogP contribution in [0.5, 0.6) is 0 Å². The Morgan fingerprint density at radius 3 is 2.06 bits per heavy atom. The summed E-state index contributed by atoms with van der Waals surface area (Å²) in [5.74, 6) is 0. The molecule has 2 amide bonds. The lowest BCUT2D eigenvalue weighted by atomic mass is 10.1. The summed E-state index contributed by atoms with van der Waals surface area (Å²) in [6.45, 7) is 7.00. The van der Waals surface area contributed by atoms with Crippen LogP contribution >= 0.6 is 0 Å². The van der Waals surface area contributed by atoms with Crippen molar-refractivity contribution in [1.29, 1.82) is 0 Å². The largest absolute Gasteiger partial charge is 0.351 e. The number of carbonyl (C=O) groups excluding carboxylic acids is 1. The number of nitrogens with two attached hydrogens (primary N) is 1. The number of urea groups is 1. The normalized spacial score (nSPS) is 17.1. The summed E-state index contributed by atoms with van der Waals surface area (Å²) in [5, 5.41) is 0. The van der Waals surface area contributed by atoms with Gasteiger partial charge in [0.15, 0.2) is 0 Å². The van der Waals surface area contributed by atoms with Gasteiger partial charge in [-0.3, -0.25) is 4.90 Å². The average molecular weight is 255 g/mol. The van der Waals surface area contributed by atoms with Gasteiger partial charge in [-0.15, -0.1) is 0 Å². The minimum atomic E-state index is -0.273. The third-order valence-electron chi connectivity index (χ3n) is 3.76. The molecule has 0 aromatic heterocycles. The van der Waals surface area contributed by atoms with E-state index in [0.717, 1.165) is 26.2 Å². The van der Waals surface area contributed by atoms with Crippen LogP contribution in [-0.2, 0) is 0 Å². The van der Waals surface area contributed by atoms with Gasteiger partial charge in [-0.1, -0.05) is 45.4 Å². The van der Waals surface area contributed by atoms with Gasteiger partial charge in [0.2, 0.25) is 0 Å². The van der Waals surface area contributed by atoms with E-state index in [0.29, 0.717) is 0 Å². The lowest BCUT2D eigenvalue weighted by molar-refractivity contribution is 0.143.